The Kier molecular flexibility index (Phi) is 5.55. The summed E-state index contributed by atoms with van der Waals surface area (Å²) in [6, 6.07) is 3.22. The van der Waals surface area contributed by atoms with E-state index < -0.39 is 11.6 Å². The molecule has 0 radical (unpaired) electrons. The summed E-state index contributed by atoms with van der Waals surface area (Å²) >= 11 is 0. The molecular weight excluding hydrogens is 342 g/mol. The number of rotatable bonds is 4. The molecule has 0 unspecified atom stereocenters. The number of amides is 2. The summed E-state index contributed by atoms with van der Waals surface area (Å²) < 4.78 is 26.6. The molecule has 1 aromatic carbocycles. The molecule has 0 aromatic heterocycles. The zero-order chi connectivity index (χ0) is 18.7. The Hall–Kier alpha value is -2.02. The molecule has 0 saturated carbocycles. The molecule has 0 aliphatic carbocycles. The lowest BCUT2D eigenvalue weighted by atomic mass is 9.73. The van der Waals surface area contributed by atoms with Gasteiger partial charge in [0.05, 0.1) is 0 Å². The Morgan fingerprint density at radius 3 is 2.73 bits per heavy atom. The molecule has 7 heteroatoms. The van der Waals surface area contributed by atoms with E-state index in [-0.39, 0.29) is 29.4 Å². The number of hydrogen-bond donors (Lipinski definition) is 1. The van der Waals surface area contributed by atoms with Gasteiger partial charge in [-0.3, -0.25) is 9.59 Å². The van der Waals surface area contributed by atoms with Crippen molar-refractivity contribution in [2.75, 3.05) is 32.8 Å². The lowest BCUT2D eigenvalue weighted by Crippen LogP contribution is -2.55. The van der Waals surface area contributed by atoms with E-state index in [4.69, 9.17) is 5.11 Å². The van der Waals surface area contributed by atoms with E-state index in [1.165, 1.54) is 6.07 Å². The Balaban J connectivity index is 1.72. The molecule has 142 valence electrons. The average Bonchev–Trinajstić information content (AvgIpc) is 2.64. The second-order valence-corrected chi connectivity index (χ2v) is 7.35. The van der Waals surface area contributed by atoms with Gasteiger partial charge in [0, 0.05) is 50.2 Å². The normalized spacial score (nSPS) is 23.6. The molecule has 1 N–H and O–H groups in total. The van der Waals surface area contributed by atoms with Gasteiger partial charge in [0.25, 0.3) is 5.91 Å². The minimum atomic E-state index is -1.03. The number of aliphatic hydroxyl groups is 1. The van der Waals surface area contributed by atoms with Gasteiger partial charge in [0.15, 0.2) is 11.6 Å². The van der Waals surface area contributed by atoms with Crippen LogP contribution in [0.25, 0.3) is 0 Å². The van der Waals surface area contributed by atoms with Crippen molar-refractivity contribution in [1.29, 1.82) is 0 Å². The van der Waals surface area contributed by atoms with E-state index in [1.54, 1.807) is 9.80 Å². The highest BCUT2D eigenvalue weighted by Gasteiger charge is 2.42. The monoisotopic (exact) mass is 366 g/mol. The summed E-state index contributed by atoms with van der Waals surface area (Å²) in [5, 5.41) is 9.02. The summed E-state index contributed by atoms with van der Waals surface area (Å²) in [6.45, 7) is 2.22. The van der Waals surface area contributed by atoms with Crippen LogP contribution in [0.3, 0.4) is 0 Å². The fourth-order valence-electron chi connectivity index (χ4n) is 4.09. The van der Waals surface area contributed by atoms with Crippen molar-refractivity contribution in [2.24, 2.45) is 5.41 Å². The van der Waals surface area contributed by atoms with E-state index in [0.29, 0.717) is 39.0 Å². The van der Waals surface area contributed by atoms with Crippen LogP contribution in [0.4, 0.5) is 8.78 Å². The van der Waals surface area contributed by atoms with Gasteiger partial charge in [-0.2, -0.15) is 0 Å². The third kappa shape index (κ3) is 3.87. The summed E-state index contributed by atoms with van der Waals surface area (Å²) in [4.78, 5) is 28.3. The average molecular weight is 366 g/mol. The third-order valence-corrected chi connectivity index (χ3v) is 5.45. The fourth-order valence-corrected chi connectivity index (χ4v) is 4.09. The Morgan fingerprint density at radius 1 is 1.19 bits per heavy atom. The molecule has 2 amide bonds. The highest BCUT2D eigenvalue weighted by Crippen LogP contribution is 2.39. The van der Waals surface area contributed by atoms with Crippen LogP contribution >= 0.6 is 0 Å². The molecule has 1 spiro atoms. The highest BCUT2D eigenvalue weighted by atomic mass is 19.2. The van der Waals surface area contributed by atoms with Crippen LogP contribution in [0.1, 0.15) is 42.5 Å². The maximum Gasteiger partial charge on any atom is 0.253 e. The molecule has 2 heterocycles. The number of aliphatic hydroxyl groups excluding tert-OH is 1. The smallest absolute Gasteiger partial charge is 0.253 e. The van der Waals surface area contributed by atoms with Gasteiger partial charge in [-0.25, -0.2) is 8.78 Å². The summed E-state index contributed by atoms with van der Waals surface area (Å²) in [7, 11) is 0. The maximum atomic E-state index is 13.5. The standard InChI is InChI=1S/C19H24F2N2O3/c20-15-4-3-14(11-16(15)21)18(26)23-8-1-6-19(13-23)7-5-17(25)22(12-19)9-2-10-24/h3-4,11,24H,1-2,5-10,12-13H2/t19-/m0/s1. The maximum absolute atomic E-state index is 13.5. The number of carbonyl (C=O) groups is 2. The van der Waals surface area contributed by atoms with E-state index in [9.17, 15) is 18.4 Å². The van der Waals surface area contributed by atoms with Crippen molar-refractivity contribution in [3.63, 3.8) is 0 Å². The van der Waals surface area contributed by atoms with Crippen molar-refractivity contribution in [3.05, 3.63) is 35.4 Å². The van der Waals surface area contributed by atoms with Crippen LogP contribution in [0.15, 0.2) is 18.2 Å². The Morgan fingerprint density at radius 2 is 2.00 bits per heavy atom. The largest absolute Gasteiger partial charge is 0.396 e. The zero-order valence-electron chi connectivity index (χ0n) is 14.7. The van der Waals surface area contributed by atoms with Crippen molar-refractivity contribution >= 4 is 11.8 Å². The van der Waals surface area contributed by atoms with Gasteiger partial charge < -0.3 is 14.9 Å². The summed E-state index contributed by atoms with van der Waals surface area (Å²) in [5.41, 5.74) is -0.0134. The molecule has 26 heavy (non-hydrogen) atoms. The number of piperidine rings is 2. The molecule has 1 aromatic rings. The first kappa shape index (κ1) is 18.8. The van der Waals surface area contributed by atoms with E-state index in [0.717, 1.165) is 31.4 Å². The van der Waals surface area contributed by atoms with Crippen molar-refractivity contribution in [1.82, 2.24) is 9.80 Å². The van der Waals surface area contributed by atoms with Gasteiger partial charge in [0.1, 0.15) is 0 Å². The number of nitrogens with zero attached hydrogens (tertiary/aromatic N) is 2. The zero-order valence-corrected chi connectivity index (χ0v) is 14.7. The van der Waals surface area contributed by atoms with E-state index in [1.807, 2.05) is 0 Å². The molecule has 1 atom stereocenters. The quantitative estimate of drug-likeness (QED) is 0.889. The number of hydrogen-bond acceptors (Lipinski definition) is 3. The van der Waals surface area contributed by atoms with Crippen molar-refractivity contribution < 1.29 is 23.5 Å². The van der Waals surface area contributed by atoms with Crippen molar-refractivity contribution in [2.45, 2.75) is 32.1 Å². The van der Waals surface area contributed by atoms with Crippen LogP contribution < -0.4 is 0 Å². The molecule has 2 aliphatic heterocycles. The SMILES string of the molecule is O=C1CC[C@@]2(CCCN(C(=O)c3ccc(F)c(F)c3)C2)CN1CCCO. The van der Waals surface area contributed by atoms with Crippen LogP contribution in [0.2, 0.25) is 0 Å². The summed E-state index contributed by atoms with van der Waals surface area (Å²) in [6.07, 6.45) is 3.45. The van der Waals surface area contributed by atoms with Gasteiger partial charge in [-0.05, 0) is 43.9 Å². The van der Waals surface area contributed by atoms with Crippen molar-refractivity contribution in [3.8, 4) is 0 Å². The third-order valence-electron chi connectivity index (χ3n) is 5.45. The molecule has 0 bridgehead atoms. The fraction of sp³-hybridized carbons (Fsp3) is 0.579. The van der Waals surface area contributed by atoms with E-state index in [2.05, 4.69) is 0 Å². The predicted octanol–water partition coefficient (Wildman–Crippen LogP) is 2.19. The molecule has 2 aliphatic rings. The predicted molar refractivity (Wildman–Crippen MR) is 91.4 cm³/mol. The van der Waals surface area contributed by atoms with Gasteiger partial charge in [-0.15, -0.1) is 0 Å². The first-order valence-corrected chi connectivity index (χ1v) is 9.07. The molecular formula is C19H24F2N2O3. The minimum Gasteiger partial charge on any atom is -0.396 e. The molecule has 3 rings (SSSR count). The topological polar surface area (TPSA) is 60.9 Å². The molecule has 2 fully saturated rings. The van der Waals surface area contributed by atoms with Gasteiger partial charge in [0.2, 0.25) is 5.91 Å². The highest BCUT2D eigenvalue weighted by molar-refractivity contribution is 5.94. The first-order valence-electron chi connectivity index (χ1n) is 9.07. The number of carbonyl (C=O) groups excluding carboxylic acids is 2. The molecule has 5 nitrogen and oxygen atoms in total. The lowest BCUT2D eigenvalue weighted by molar-refractivity contribution is -0.139. The lowest BCUT2D eigenvalue weighted by Gasteiger charge is -2.48. The van der Waals surface area contributed by atoms with E-state index >= 15 is 0 Å². The second kappa shape index (κ2) is 7.70. The number of likely N-dealkylation sites (tertiary alicyclic amines) is 2. The second-order valence-electron chi connectivity index (χ2n) is 7.35. The first-order chi connectivity index (χ1) is 12.4. The molecule has 2 saturated heterocycles. The minimum absolute atomic E-state index is 0.0392. The Bertz CT molecular complexity index is 697. The summed E-state index contributed by atoms with van der Waals surface area (Å²) in [5.74, 6) is -2.21. The van der Waals surface area contributed by atoms with Crippen LogP contribution in [-0.4, -0.2) is 59.5 Å². The Labute approximate surface area is 151 Å². The number of benzene rings is 1. The van der Waals surface area contributed by atoms with Crippen LogP contribution in [0, 0.1) is 17.0 Å². The van der Waals surface area contributed by atoms with Crippen LogP contribution in [-0.2, 0) is 4.79 Å². The van der Waals surface area contributed by atoms with Gasteiger partial charge >= 0.3 is 0 Å². The van der Waals surface area contributed by atoms with Crippen LogP contribution in [0.5, 0.6) is 0 Å². The number of halogens is 2. The van der Waals surface area contributed by atoms with Gasteiger partial charge in [-0.1, -0.05) is 0 Å².